The van der Waals surface area contributed by atoms with Crippen LogP contribution >= 0.6 is 0 Å². The van der Waals surface area contributed by atoms with Crippen LogP contribution in [0.2, 0.25) is 0 Å². The molecule has 5 N–H and O–H groups in total. The highest BCUT2D eigenvalue weighted by molar-refractivity contribution is 5.89. The molecule has 214 valence electrons. The van der Waals surface area contributed by atoms with E-state index in [1.807, 2.05) is 0 Å². The van der Waals surface area contributed by atoms with Gasteiger partial charge in [0.05, 0.1) is 11.8 Å². The number of aromatic nitrogens is 3. The van der Waals surface area contributed by atoms with Gasteiger partial charge < -0.3 is 26.4 Å². The predicted octanol–water partition coefficient (Wildman–Crippen LogP) is 4.87. The molecule has 0 aliphatic carbocycles. The van der Waals surface area contributed by atoms with E-state index in [4.69, 9.17) is 5.73 Å². The van der Waals surface area contributed by atoms with Crippen LogP contribution in [0.5, 0.6) is 0 Å². The Morgan fingerprint density at radius 1 is 1.15 bits per heavy atom. The van der Waals surface area contributed by atoms with Gasteiger partial charge in [0, 0.05) is 37.3 Å². The number of alkyl halides is 3. The number of amides is 2. The number of rotatable bonds is 7. The second-order valence-corrected chi connectivity index (χ2v) is 9.31. The number of benzene rings is 1. The van der Waals surface area contributed by atoms with Gasteiger partial charge in [-0.15, -0.1) is 0 Å². The predicted molar refractivity (Wildman–Crippen MR) is 137 cm³/mol. The van der Waals surface area contributed by atoms with Gasteiger partial charge in [-0.2, -0.15) is 13.2 Å². The number of likely N-dealkylation sites (tertiary alicyclic amines) is 1. The molecule has 1 unspecified atom stereocenters. The summed E-state index contributed by atoms with van der Waals surface area (Å²) in [7, 11) is 0. The van der Waals surface area contributed by atoms with Gasteiger partial charge in [0.2, 0.25) is 5.95 Å². The van der Waals surface area contributed by atoms with Crippen LogP contribution in [0.4, 0.5) is 44.2 Å². The number of aliphatic hydroxyl groups excluding tert-OH is 1. The summed E-state index contributed by atoms with van der Waals surface area (Å²) in [5, 5.41) is 15.9. The Morgan fingerprint density at radius 3 is 2.45 bits per heavy atom. The third kappa shape index (κ3) is 6.55. The maximum absolute atomic E-state index is 13.9. The number of para-hydroxylation sites is 1. The molecule has 1 aromatic carbocycles. The van der Waals surface area contributed by atoms with E-state index in [9.17, 15) is 31.9 Å². The molecule has 1 aliphatic rings. The maximum atomic E-state index is 13.9. The summed E-state index contributed by atoms with van der Waals surface area (Å²) in [5.41, 5.74) is 5.12. The summed E-state index contributed by atoms with van der Waals surface area (Å²) in [6, 6.07) is 5.37. The van der Waals surface area contributed by atoms with Crippen LogP contribution in [0.1, 0.15) is 54.3 Å². The van der Waals surface area contributed by atoms with Gasteiger partial charge in [-0.25, -0.2) is 28.5 Å². The molecule has 1 fully saturated rings. The van der Waals surface area contributed by atoms with Crippen molar-refractivity contribution in [1.82, 2.24) is 19.9 Å². The second-order valence-electron chi connectivity index (χ2n) is 9.31. The Balaban J connectivity index is 1.42. The quantitative estimate of drug-likeness (QED) is 0.301. The van der Waals surface area contributed by atoms with Crippen LogP contribution in [0.15, 0.2) is 36.5 Å². The third-order valence-corrected chi connectivity index (χ3v) is 6.69. The number of piperidine rings is 1. The van der Waals surface area contributed by atoms with Crippen molar-refractivity contribution in [2.45, 2.75) is 44.4 Å². The van der Waals surface area contributed by atoms with Crippen molar-refractivity contribution in [3.63, 3.8) is 0 Å². The lowest BCUT2D eigenvalue weighted by Gasteiger charge is -2.33. The van der Waals surface area contributed by atoms with Gasteiger partial charge in [-0.05, 0) is 43.0 Å². The van der Waals surface area contributed by atoms with Crippen molar-refractivity contribution in [2.75, 3.05) is 36.0 Å². The number of carbonyl (C=O) groups excluding carboxylic acids is 1. The zero-order chi connectivity index (χ0) is 29.0. The molecule has 0 radical (unpaired) electrons. The summed E-state index contributed by atoms with van der Waals surface area (Å²) < 4.78 is 67.9. The van der Waals surface area contributed by atoms with Crippen LogP contribution in [0, 0.1) is 11.6 Å². The van der Waals surface area contributed by atoms with Gasteiger partial charge in [0.15, 0.2) is 0 Å². The second kappa shape index (κ2) is 12.0. The number of anilines is 3. The smallest absolute Gasteiger partial charge is 0.386 e. The van der Waals surface area contributed by atoms with Gasteiger partial charge in [0.1, 0.15) is 28.8 Å². The number of nitrogens with one attached hydrogen (secondary N) is 2. The molecule has 2 amide bonds. The summed E-state index contributed by atoms with van der Waals surface area (Å²) in [6.45, 7) is 1.90. The number of carbonyl (C=O) groups is 1. The molecule has 4 rings (SSSR count). The van der Waals surface area contributed by atoms with E-state index in [0.717, 1.165) is 12.1 Å². The average molecular weight is 566 g/mol. The Kier molecular flexibility index (Phi) is 8.67. The molecule has 0 bridgehead atoms. The highest BCUT2D eigenvalue weighted by Gasteiger charge is 2.35. The topological polar surface area (TPSA) is 129 Å². The summed E-state index contributed by atoms with van der Waals surface area (Å²) >= 11 is 0. The lowest BCUT2D eigenvalue weighted by atomic mass is 9.89. The SMILES string of the molecule is CCc1ccc(NCC(O)c2cnc(N)nc2C2CCN(C(=O)Nc3c(F)cccc3F)CC2)nc1C(F)(F)F. The Hall–Kier alpha value is -4.07. The van der Waals surface area contributed by atoms with Crippen LogP contribution in [0.3, 0.4) is 0 Å². The number of nitrogen functional groups attached to an aromatic ring is 1. The number of nitrogens with zero attached hydrogens (tertiary/aromatic N) is 4. The molecule has 0 spiro atoms. The minimum Gasteiger partial charge on any atom is -0.386 e. The normalized spacial score (nSPS) is 15.1. The standard InChI is InChI=1S/C26H28F5N7O2/c1-2-14-6-7-20(35-23(14)26(29,30)31)33-13-19(39)16-12-34-24(32)36-21(16)15-8-10-38(11-9-15)25(40)37-22-17(27)4-3-5-18(22)28/h3-7,12,15,19,39H,2,8-11,13H2,1H3,(H,33,35)(H,37,40)(H2,32,34,36). The monoisotopic (exact) mass is 565 g/mol. The maximum Gasteiger partial charge on any atom is 0.433 e. The number of hydrogen-bond acceptors (Lipinski definition) is 7. The molecule has 1 saturated heterocycles. The largest absolute Gasteiger partial charge is 0.433 e. The number of halogens is 5. The van der Waals surface area contributed by atoms with Crippen molar-refractivity contribution in [3.8, 4) is 0 Å². The van der Waals surface area contributed by atoms with E-state index >= 15 is 0 Å². The zero-order valence-corrected chi connectivity index (χ0v) is 21.5. The van der Waals surface area contributed by atoms with Crippen molar-refractivity contribution >= 4 is 23.5 Å². The Labute approximate surface area is 226 Å². The number of aliphatic hydroxyl groups is 1. The van der Waals surface area contributed by atoms with Gasteiger partial charge in [-0.1, -0.05) is 19.1 Å². The number of aryl methyl sites for hydroxylation is 1. The minimum absolute atomic E-state index is 0.0271. The highest BCUT2D eigenvalue weighted by Crippen LogP contribution is 2.34. The summed E-state index contributed by atoms with van der Waals surface area (Å²) in [4.78, 5) is 26.0. The first kappa shape index (κ1) is 28.9. The average Bonchev–Trinajstić information content (AvgIpc) is 2.93. The van der Waals surface area contributed by atoms with Crippen LogP contribution < -0.4 is 16.4 Å². The number of hydrogen-bond donors (Lipinski definition) is 4. The Morgan fingerprint density at radius 2 is 1.82 bits per heavy atom. The molecule has 1 aliphatic heterocycles. The zero-order valence-electron chi connectivity index (χ0n) is 21.5. The third-order valence-electron chi connectivity index (χ3n) is 6.69. The first-order valence-electron chi connectivity index (χ1n) is 12.6. The Bertz CT molecular complexity index is 1340. The van der Waals surface area contributed by atoms with E-state index in [2.05, 4.69) is 25.6 Å². The van der Waals surface area contributed by atoms with Crippen molar-refractivity contribution in [3.05, 3.63) is 70.7 Å². The van der Waals surface area contributed by atoms with E-state index in [1.54, 1.807) is 6.92 Å². The van der Waals surface area contributed by atoms with E-state index in [-0.39, 0.29) is 49.3 Å². The van der Waals surface area contributed by atoms with Gasteiger partial charge >= 0.3 is 12.2 Å². The molecular formula is C26H28F5N7O2. The fourth-order valence-electron chi connectivity index (χ4n) is 4.59. The molecule has 14 heteroatoms. The van der Waals surface area contributed by atoms with Crippen molar-refractivity contribution < 1.29 is 31.9 Å². The fraction of sp³-hybridized carbons (Fsp3) is 0.385. The molecular weight excluding hydrogens is 537 g/mol. The van der Waals surface area contributed by atoms with Crippen LogP contribution in [0.25, 0.3) is 0 Å². The van der Waals surface area contributed by atoms with E-state index in [1.165, 1.54) is 29.3 Å². The van der Waals surface area contributed by atoms with Gasteiger partial charge in [0.25, 0.3) is 0 Å². The van der Waals surface area contributed by atoms with Crippen molar-refractivity contribution in [1.29, 1.82) is 0 Å². The summed E-state index contributed by atoms with van der Waals surface area (Å²) in [6.07, 6.45) is -3.48. The molecule has 3 aromatic rings. The van der Waals surface area contributed by atoms with Crippen LogP contribution in [-0.2, 0) is 12.6 Å². The minimum atomic E-state index is -4.62. The molecule has 40 heavy (non-hydrogen) atoms. The molecule has 1 atom stereocenters. The summed E-state index contributed by atoms with van der Waals surface area (Å²) in [5.74, 6) is -2.09. The molecule has 0 saturated carbocycles. The lowest BCUT2D eigenvalue weighted by Crippen LogP contribution is -2.41. The molecule has 2 aromatic heterocycles. The molecule has 9 nitrogen and oxygen atoms in total. The molecule has 3 heterocycles. The van der Waals surface area contributed by atoms with Gasteiger partial charge in [-0.3, -0.25) is 0 Å². The van der Waals surface area contributed by atoms with Crippen LogP contribution in [-0.4, -0.2) is 50.6 Å². The first-order chi connectivity index (χ1) is 19.0. The van der Waals surface area contributed by atoms with E-state index < -0.39 is 41.3 Å². The highest BCUT2D eigenvalue weighted by atomic mass is 19.4. The lowest BCUT2D eigenvalue weighted by molar-refractivity contribution is -0.141. The van der Waals surface area contributed by atoms with Crippen molar-refractivity contribution in [2.24, 2.45) is 0 Å². The van der Waals surface area contributed by atoms with E-state index in [0.29, 0.717) is 24.1 Å². The number of urea groups is 1. The first-order valence-corrected chi connectivity index (χ1v) is 12.6. The number of pyridine rings is 1. The number of nitrogens with two attached hydrogens (primary N) is 1. The fourth-order valence-corrected chi connectivity index (χ4v) is 4.59.